The van der Waals surface area contributed by atoms with E-state index in [4.69, 9.17) is 9.26 Å². The van der Waals surface area contributed by atoms with Crippen LogP contribution in [-0.4, -0.2) is 17.2 Å². The van der Waals surface area contributed by atoms with Crippen LogP contribution in [0.15, 0.2) is 28.8 Å². The molecule has 0 fully saturated rings. The van der Waals surface area contributed by atoms with Crippen molar-refractivity contribution in [1.29, 1.82) is 0 Å². The van der Waals surface area contributed by atoms with E-state index in [0.29, 0.717) is 12.5 Å². The van der Waals surface area contributed by atoms with Gasteiger partial charge in [-0.05, 0) is 31.2 Å². The van der Waals surface area contributed by atoms with E-state index in [-0.39, 0.29) is 0 Å². The van der Waals surface area contributed by atoms with Gasteiger partial charge in [-0.2, -0.15) is 4.98 Å². The molecule has 1 N–H and O–H groups in total. The van der Waals surface area contributed by atoms with Gasteiger partial charge in [-0.15, -0.1) is 0 Å². The normalized spacial score (nSPS) is 10.6. The summed E-state index contributed by atoms with van der Waals surface area (Å²) in [6, 6.07) is 7.94. The van der Waals surface area contributed by atoms with Crippen LogP contribution in [-0.2, 0) is 19.6 Å². The van der Waals surface area contributed by atoms with Crippen molar-refractivity contribution in [2.75, 3.05) is 7.05 Å². The van der Waals surface area contributed by atoms with E-state index < -0.39 is 0 Å². The van der Waals surface area contributed by atoms with Gasteiger partial charge in [0.1, 0.15) is 5.75 Å². The summed E-state index contributed by atoms with van der Waals surface area (Å²) in [5.41, 5.74) is 1.18. The zero-order valence-electron chi connectivity index (χ0n) is 11.3. The number of benzene rings is 1. The van der Waals surface area contributed by atoms with Gasteiger partial charge in [-0.25, -0.2) is 0 Å². The fourth-order valence-electron chi connectivity index (χ4n) is 1.77. The summed E-state index contributed by atoms with van der Waals surface area (Å²) >= 11 is 0. The predicted molar refractivity (Wildman–Crippen MR) is 71.8 cm³/mol. The number of aryl methyl sites for hydroxylation is 1. The van der Waals surface area contributed by atoms with E-state index in [9.17, 15) is 0 Å². The number of aromatic nitrogens is 2. The molecule has 102 valence electrons. The molecule has 1 aromatic carbocycles. The van der Waals surface area contributed by atoms with E-state index in [1.54, 1.807) is 0 Å². The highest BCUT2D eigenvalue weighted by molar-refractivity contribution is 5.28. The fraction of sp³-hybridized carbons (Fsp3) is 0.429. The summed E-state index contributed by atoms with van der Waals surface area (Å²) < 4.78 is 10.8. The Labute approximate surface area is 113 Å². The molecule has 2 aromatic rings. The van der Waals surface area contributed by atoms with Crippen molar-refractivity contribution >= 4 is 0 Å². The molecule has 5 heteroatoms. The molecule has 0 amide bonds. The van der Waals surface area contributed by atoms with Crippen LogP contribution < -0.4 is 10.1 Å². The van der Waals surface area contributed by atoms with Crippen LogP contribution in [0.2, 0.25) is 0 Å². The van der Waals surface area contributed by atoms with Crippen molar-refractivity contribution < 1.29 is 9.26 Å². The Morgan fingerprint density at radius 3 is 3.05 bits per heavy atom. The van der Waals surface area contributed by atoms with E-state index in [1.165, 1.54) is 5.56 Å². The van der Waals surface area contributed by atoms with Gasteiger partial charge < -0.3 is 14.6 Å². The minimum absolute atomic E-state index is 0.305. The average Bonchev–Trinajstić information content (AvgIpc) is 2.86. The molecule has 0 atom stereocenters. The Morgan fingerprint density at radius 1 is 1.37 bits per heavy atom. The van der Waals surface area contributed by atoms with E-state index in [1.807, 2.05) is 25.2 Å². The largest absolute Gasteiger partial charge is 0.484 e. The summed E-state index contributed by atoms with van der Waals surface area (Å²) in [6.45, 7) is 3.21. The first-order chi connectivity index (χ1) is 9.31. The second kappa shape index (κ2) is 6.89. The molecule has 0 saturated heterocycles. The highest BCUT2D eigenvalue weighted by atomic mass is 16.5. The zero-order chi connectivity index (χ0) is 13.5. The molecule has 0 spiro atoms. The van der Waals surface area contributed by atoms with Crippen molar-refractivity contribution in [1.82, 2.24) is 15.5 Å². The van der Waals surface area contributed by atoms with Gasteiger partial charge in [-0.1, -0.05) is 24.2 Å². The lowest BCUT2D eigenvalue weighted by molar-refractivity contribution is 0.242. The van der Waals surface area contributed by atoms with Gasteiger partial charge >= 0.3 is 0 Å². The van der Waals surface area contributed by atoms with Gasteiger partial charge in [0.2, 0.25) is 0 Å². The monoisotopic (exact) mass is 261 g/mol. The molecule has 5 nitrogen and oxygen atoms in total. The maximum Gasteiger partial charge on any atom is 0.264 e. The lowest BCUT2D eigenvalue weighted by Gasteiger charge is -2.05. The molecule has 19 heavy (non-hydrogen) atoms. The summed E-state index contributed by atoms with van der Waals surface area (Å²) in [5.74, 6) is 2.07. The van der Waals surface area contributed by atoms with Gasteiger partial charge in [0, 0.05) is 13.0 Å². The van der Waals surface area contributed by atoms with Gasteiger partial charge in [0.25, 0.3) is 5.89 Å². The van der Waals surface area contributed by atoms with Crippen molar-refractivity contribution in [3.05, 3.63) is 41.5 Å². The first-order valence-electron chi connectivity index (χ1n) is 6.49. The molecule has 0 aliphatic rings. The van der Waals surface area contributed by atoms with Crippen molar-refractivity contribution in [2.45, 2.75) is 32.9 Å². The second-order valence-electron chi connectivity index (χ2n) is 4.32. The molecule has 0 aliphatic heterocycles. The summed E-state index contributed by atoms with van der Waals surface area (Å²) in [7, 11) is 1.92. The molecule has 0 radical (unpaired) electrons. The fourth-order valence-corrected chi connectivity index (χ4v) is 1.77. The number of nitrogens with zero attached hydrogens (tertiary/aromatic N) is 2. The van der Waals surface area contributed by atoms with E-state index >= 15 is 0 Å². The number of nitrogens with one attached hydrogen (secondary N) is 1. The van der Waals surface area contributed by atoms with E-state index in [2.05, 4.69) is 28.4 Å². The molecule has 0 aliphatic carbocycles. The standard InChI is InChI=1S/C14H19N3O2/c1-3-5-13-16-14(19-17-13)10-18-12-7-4-6-11(8-12)9-15-2/h4,6-8,15H,3,5,9-10H2,1-2H3. The van der Waals surface area contributed by atoms with Crippen molar-refractivity contribution in [3.8, 4) is 5.75 Å². The number of hydrogen-bond donors (Lipinski definition) is 1. The average molecular weight is 261 g/mol. The minimum atomic E-state index is 0.305. The van der Waals surface area contributed by atoms with Crippen LogP contribution in [0, 0.1) is 0 Å². The molecular formula is C14H19N3O2. The third-order valence-corrected chi connectivity index (χ3v) is 2.63. The molecule has 0 unspecified atom stereocenters. The quantitative estimate of drug-likeness (QED) is 0.828. The van der Waals surface area contributed by atoms with Crippen molar-refractivity contribution in [2.24, 2.45) is 0 Å². The molecule has 1 aromatic heterocycles. The first-order valence-corrected chi connectivity index (χ1v) is 6.49. The maximum absolute atomic E-state index is 5.65. The summed E-state index contributed by atoms with van der Waals surface area (Å²) in [6.07, 6.45) is 1.84. The smallest absolute Gasteiger partial charge is 0.264 e. The lowest BCUT2D eigenvalue weighted by Crippen LogP contribution is -2.05. The molecule has 0 saturated carbocycles. The Kier molecular flexibility index (Phi) is 4.92. The van der Waals surface area contributed by atoms with Gasteiger partial charge in [-0.3, -0.25) is 0 Å². The third-order valence-electron chi connectivity index (χ3n) is 2.63. The Bertz CT molecular complexity index is 511. The molecule has 0 bridgehead atoms. The number of ether oxygens (including phenoxy) is 1. The Morgan fingerprint density at radius 2 is 2.26 bits per heavy atom. The van der Waals surface area contributed by atoms with Crippen LogP contribution in [0.5, 0.6) is 5.75 Å². The first kappa shape index (κ1) is 13.5. The number of rotatable bonds is 7. The predicted octanol–water partition coefficient (Wildman–Crippen LogP) is 2.32. The Balaban J connectivity index is 1.91. The lowest BCUT2D eigenvalue weighted by atomic mass is 10.2. The Hall–Kier alpha value is -1.88. The molecular weight excluding hydrogens is 242 g/mol. The van der Waals surface area contributed by atoms with Crippen LogP contribution in [0.25, 0.3) is 0 Å². The summed E-state index contributed by atoms with van der Waals surface area (Å²) in [5, 5.41) is 7.00. The zero-order valence-corrected chi connectivity index (χ0v) is 11.3. The number of hydrogen-bond acceptors (Lipinski definition) is 5. The highest BCUT2D eigenvalue weighted by Gasteiger charge is 2.06. The highest BCUT2D eigenvalue weighted by Crippen LogP contribution is 2.14. The maximum atomic E-state index is 5.65. The van der Waals surface area contributed by atoms with Gasteiger partial charge in [0.05, 0.1) is 0 Å². The molecule has 1 heterocycles. The topological polar surface area (TPSA) is 60.2 Å². The van der Waals surface area contributed by atoms with Crippen LogP contribution >= 0.6 is 0 Å². The second-order valence-corrected chi connectivity index (χ2v) is 4.32. The third kappa shape index (κ3) is 4.06. The van der Waals surface area contributed by atoms with Crippen LogP contribution in [0.4, 0.5) is 0 Å². The molecule has 2 rings (SSSR count). The van der Waals surface area contributed by atoms with Crippen LogP contribution in [0.1, 0.15) is 30.6 Å². The van der Waals surface area contributed by atoms with Crippen LogP contribution in [0.3, 0.4) is 0 Å². The SMILES string of the molecule is CCCc1noc(COc2cccc(CNC)c2)n1. The van der Waals surface area contributed by atoms with E-state index in [0.717, 1.165) is 31.0 Å². The van der Waals surface area contributed by atoms with Gasteiger partial charge in [0.15, 0.2) is 12.4 Å². The minimum Gasteiger partial charge on any atom is -0.484 e. The van der Waals surface area contributed by atoms with Crippen molar-refractivity contribution in [3.63, 3.8) is 0 Å². The summed E-state index contributed by atoms with van der Waals surface area (Å²) in [4.78, 5) is 4.26.